The van der Waals surface area contributed by atoms with Crippen LogP contribution in [-0.2, 0) is 4.79 Å². The third-order valence-electron chi connectivity index (χ3n) is 2.47. The topological polar surface area (TPSA) is 41.1 Å². The van der Waals surface area contributed by atoms with Crippen molar-refractivity contribution in [2.45, 2.75) is 25.7 Å². The fourth-order valence-corrected chi connectivity index (χ4v) is 1.69. The van der Waals surface area contributed by atoms with Gasteiger partial charge in [0, 0.05) is 7.05 Å². The molecule has 1 amide bonds. The zero-order chi connectivity index (χ0) is 8.81. The Morgan fingerprint density at radius 3 is 2.67 bits per heavy atom. The molecule has 0 bridgehead atoms. The molecule has 0 heterocycles. The standard InChI is InChI=1S/C9H18N2O/c1-10-9(12)7-11-6-8-4-2-3-5-8/h8,11H,2-7H2,1H3,(H,10,12). The number of nitrogens with one attached hydrogen (secondary N) is 2. The van der Waals surface area contributed by atoms with Crippen LogP contribution in [0.25, 0.3) is 0 Å². The second-order valence-electron chi connectivity index (χ2n) is 3.45. The number of amides is 1. The molecule has 0 unspecified atom stereocenters. The minimum absolute atomic E-state index is 0.0768. The predicted octanol–water partition coefficient (Wildman–Crippen LogP) is 0.512. The molecule has 0 aliphatic heterocycles. The molecule has 2 N–H and O–H groups in total. The van der Waals surface area contributed by atoms with E-state index in [1.807, 2.05) is 0 Å². The Kier molecular flexibility index (Phi) is 4.08. The van der Waals surface area contributed by atoms with Crippen LogP contribution in [0.2, 0.25) is 0 Å². The van der Waals surface area contributed by atoms with E-state index in [2.05, 4.69) is 10.6 Å². The summed E-state index contributed by atoms with van der Waals surface area (Å²) in [6.07, 6.45) is 5.40. The Morgan fingerprint density at radius 1 is 1.42 bits per heavy atom. The van der Waals surface area contributed by atoms with E-state index < -0.39 is 0 Å². The van der Waals surface area contributed by atoms with Crippen molar-refractivity contribution in [1.82, 2.24) is 10.6 Å². The van der Waals surface area contributed by atoms with Crippen LogP contribution in [0.1, 0.15) is 25.7 Å². The maximum atomic E-state index is 10.8. The van der Waals surface area contributed by atoms with E-state index in [0.29, 0.717) is 6.54 Å². The third-order valence-corrected chi connectivity index (χ3v) is 2.47. The van der Waals surface area contributed by atoms with Crippen molar-refractivity contribution in [1.29, 1.82) is 0 Å². The van der Waals surface area contributed by atoms with Gasteiger partial charge in [0.2, 0.25) is 5.91 Å². The van der Waals surface area contributed by atoms with Gasteiger partial charge in [0.1, 0.15) is 0 Å². The molecule has 0 spiro atoms. The largest absolute Gasteiger partial charge is 0.358 e. The van der Waals surface area contributed by atoms with Crippen molar-refractivity contribution in [3.63, 3.8) is 0 Å². The maximum absolute atomic E-state index is 10.8. The summed E-state index contributed by atoms with van der Waals surface area (Å²) in [5, 5.41) is 5.75. The summed E-state index contributed by atoms with van der Waals surface area (Å²) < 4.78 is 0. The summed E-state index contributed by atoms with van der Waals surface area (Å²) in [5.74, 6) is 0.891. The van der Waals surface area contributed by atoms with Crippen molar-refractivity contribution < 1.29 is 4.79 Å². The Balaban J connectivity index is 1.97. The van der Waals surface area contributed by atoms with E-state index in [-0.39, 0.29) is 5.91 Å². The molecule has 70 valence electrons. The summed E-state index contributed by atoms with van der Waals surface area (Å²) in [7, 11) is 1.67. The maximum Gasteiger partial charge on any atom is 0.233 e. The van der Waals surface area contributed by atoms with Crippen LogP contribution in [0.3, 0.4) is 0 Å². The van der Waals surface area contributed by atoms with Crippen molar-refractivity contribution in [3.05, 3.63) is 0 Å². The first-order chi connectivity index (χ1) is 5.83. The fourth-order valence-electron chi connectivity index (χ4n) is 1.69. The first-order valence-corrected chi connectivity index (χ1v) is 4.74. The Bertz CT molecular complexity index is 141. The lowest BCUT2D eigenvalue weighted by molar-refractivity contribution is -0.119. The summed E-state index contributed by atoms with van der Waals surface area (Å²) in [6, 6.07) is 0. The van der Waals surface area contributed by atoms with Crippen LogP contribution in [0.15, 0.2) is 0 Å². The Hall–Kier alpha value is -0.570. The van der Waals surface area contributed by atoms with E-state index in [1.54, 1.807) is 7.05 Å². The van der Waals surface area contributed by atoms with Crippen LogP contribution in [-0.4, -0.2) is 26.0 Å². The van der Waals surface area contributed by atoms with Crippen LogP contribution in [0.4, 0.5) is 0 Å². The number of hydrogen-bond donors (Lipinski definition) is 2. The molecule has 0 aromatic carbocycles. The van der Waals surface area contributed by atoms with Crippen molar-refractivity contribution in [2.75, 3.05) is 20.1 Å². The molecule has 1 aliphatic carbocycles. The number of hydrogen-bond acceptors (Lipinski definition) is 2. The molecule has 1 fully saturated rings. The Morgan fingerprint density at radius 2 is 2.08 bits per heavy atom. The van der Waals surface area contributed by atoms with Gasteiger partial charge in [-0.3, -0.25) is 4.79 Å². The number of carbonyl (C=O) groups is 1. The minimum atomic E-state index is 0.0768. The Labute approximate surface area is 73.9 Å². The molecular formula is C9H18N2O. The van der Waals surface area contributed by atoms with Crippen molar-refractivity contribution in [3.8, 4) is 0 Å². The highest BCUT2D eigenvalue weighted by atomic mass is 16.1. The lowest BCUT2D eigenvalue weighted by Gasteiger charge is -2.09. The molecule has 0 saturated heterocycles. The molecule has 3 nitrogen and oxygen atoms in total. The average Bonchev–Trinajstić information content (AvgIpc) is 2.57. The van der Waals surface area contributed by atoms with Crippen LogP contribution >= 0.6 is 0 Å². The van der Waals surface area contributed by atoms with E-state index in [9.17, 15) is 4.79 Å². The highest BCUT2D eigenvalue weighted by Gasteiger charge is 2.14. The van der Waals surface area contributed by atoms with Gasteiger partial charge in [-0.2, -0.15) is 0 Å². The SMILES string of the molecule is CNC(=O)CNCC1CCCC1. The van der Waals surface area contributed by atoms with E-state index >= 15 is 0 Å². The molecular weight excluding hydrogens is 152 g/mol. The van der Waals surface area contributed by atoms with Gasteiger partial charge < -0.3 is 10.6 Å². The lowest BCUT2D eigenvalue weighted by Crippen LogP contribution is -2.33. The van der Waals surface area contributed by atoms with Gasteiger partial charge in [-0.15, -0.1) is 0 Å². The number of carbonyl (C=O) groups excluding carboxylic acids is 1. The van der Waals surface area contributed by atoms with E-state index in [1.165, 1.54) is 25.7 Å². The lowest BCUT2D eigenvalue weighted by atomic mass is 10.1. The molecule has 0 atom stereocenters. The predicted molar refractivity (Wildman–Crippen MR) is 48.9 cm³/mol. The third kappa shape index (κ3) is 3.22. The summed E-state index contributed by atoms with van der Waals surface area (Å²) >= 11 is 0. The van der Waals surface area contributed by atoms with Crippen LogP contribution in [0, 0.1) is 5.92 Å². The van der Waals surface area contributed by atoms with E-state index in [0.717, 1.165) is 12.5 Å². The first kappa shape index (κ1) is 9.52. The van der Waals surface area contributed by atoms with Crippen LogP contribution in [0.5, 0.6) is 0 Å². The molecule has 1 saturated carbocycles. The second kappa shape index (κ2) is 5.14. The molecule has 0 aromatic rings. The summed E-state index contributed by atoms with van der Waals surface area (Å²) in [6.45, 7) is 1.47. The van der Waals surface area contributed by atoms with Crippen molar-refractivity contribution >= 4 is 5.91 Å². The molecule has 1 aliphatic rings. The van der Waals surface area contributed by atoms with Crippen LogP contribution < -0.4 is 10.6 Å². The van der Waals surface area contributed by atoms with Gasteiger partial charge in [-0.05, 0) is 25.3 Å². The van der Waals surface area contributed by atoms with Gasteiger partial charge in [0.05, 0.1) is 6.54 Å². The highest BCUT2D eigenvalue weighted by Crippen LogP contribution is 2.23. The van der Waals surface area contributed by atoms with Gasteiger partial charge >= 0.3 is 0 Å². The van der Waals surface area contributed by atoms with Crippen molar-refractivity contribution in [2.24, 2.45) is 5.92 Å². The van der Waals surface area contributed by atoms with E-state index in [4.69, 9.17) is 0 Å². The van der Waals surface area contributed by atoms with Gasteiger partial charge in [0.25, 0.3) is 0 Å². The fraction of sp³-hybridized carbons (Fsp3) is 0.889. The second-order valence-corrected chi connectivity index (χ2v) is 3.45. The monoisotopic (exact) mass is 170 g/mol. The molecule has 1 rings (SSSR count). The summed E-state index contributed by atoms with van der Waals surface area (Å²) in [5.41, 5.74) is 0. The highest BCUT2D eigenvalue weighted by molar-refractivity contribution is 5.77. The van der Waals surface area contributed by atoms with Gasteiger partial charge in [-0.25, -0.2) is 0 Å². The number of likely N-dealkylation sites (N-methyl/N-ethyl adjacent to an activating group) is 1. The normalized spacial score (nSPS) is 18.1. The zero-order valence-electron chi connectivity index (χ0n) is 7.73. The first-order valence-electron chi connectivity index (χ1n) is 4.74. The molecule has 3 heteroatoms. The van der Waals surface area contributed by atoms with Gasteiger partial charge in [-0.1, -0.05) is 12.8 Å². The molecule has 0 radical (unpaired) electrons. The average molecular weight is 170 g/mol. The number of rotatable bonds is 4. The zero-order valence-corrected chi connectivity index (χ0v) is 7.73. The molecule has 0 aromatic heterocycles. The van der Waals surface area contributed by atoms with Gasteiger partial charge in [0.15, 0.2) is 0 Å². The summed E-state index contributed by atoms with van der Waals surface area (Å²) in [4.78, 5) is 10.8. The molecule has 12 heavy (non-hydrogen) atoms. The smallest absolute Gasteiger partial charge is 0.233 e. The quantitative estimate of drug-likeness (QED) is 0.645. The minimum Gasteiger partial charge on any atom is -0.358 e.